The third-order valence-electron chi connectivity index (χ3n) is 4.56. The van der Waals surface area contributed by atoms with E-state index in [1.54, 1.807) is 0 Å². The minimum absolute atomic E-state index is 0.0392. The summed E-state index contributed by atoms with van der Waals surface area (Å²) in [5.41, 5.74) is -0.0392. The van der Waals surface area contributed by atoms with E-state index in [1.165, 1.54) is 0 Å². The summed E-state index contributed by atoms with van der Waals surface area (Å²) in [4.78, 5) is 11.3. The topological polar surface area (TPSA) is 58.6 Å². The Labute approximate surface area is 109 Å². The Morgan fingerprint density at radius 2 is 2.06 bits per heavy atom. The molecule has 0 aromatic carbocycles. The van der Waals surface area contributed by atoms with Gasteiger partial charge in [-0.3, -0.25) is 4.79 Å². The molecule has 2 atom stereocenters. The predicted octanol–water partition coefficient (Wildman–Crippen LogP) is 2.18. The zero-order valence-electron chi connectivity index (χ0n) is 11.4. The highest BCUT2D eigenvalue weighted by molar-refractivity contribution is 5.74. The third kappa shape index (κ3) is 3.04. The fourth-order valence-corrected chi connectivity index (χ4v) is 3.01. The maximum absolute atomic E-state index is 11.3. The van der Waals surface area contributed by atoms with E-state index in [2.05, 4.69) is 19.2 Å². The van der Waals surface area contributed by atoms with E-state index in [0.717, 1.165) is 45.1 Å². The number of carboxylic acid groups (broad SMARTS) is 1. The summed E-state index contributed by atoms with van der Waals surface area (Å²) in [6.45, 7) is 5.05. The van der Waals surface area contributed by atoms with E-state index < -0.39 is 5.97 Å². The first kappa shape index (κ1) is 13.8. The molecule has 1 aliphatic heterocycles. The maximum Gasteiger partial charge on any atom is 0.320 e. The number of carbonyl (C=O) groups is 1. The van der Waals surface area contributed by atoms with E-state index in [0.29, 0.717) is 12.0 Å². The molecule has 0 bridgehead atoms. The van der Waals surface area contributed by atoms with Crippen molar-refractivity contribution in [2.45, 2.75) is 70.1 Å². The Morgan fingerprint density at radius 3 is 2.56 bits per heavy atom. The molecule has 2 aliphatic rings. The lowest BCUT2D eigenvalue weighted by molar-refractivity contribution is -0.141. The molecule has 0 aromatic rings. The Hall–Kier alpha value is -0.610. The van der Waals surface area contributed by atoms with Crippen molar-refractivity contribution in [3.63, 3.8) is 0 Å². The highest BCUT2D eigenvalue weighted by Crippen LogP contribution is 2.35. The van der Waals surface area contributed by atoms with Crippen LogP contribution in [0.25, 0.3) is 0 Å². The molecule has 4 nitrogen and oxygen atoms in total. The van der Waals surface area contributed by atoms with E-state index >= 15 is 0 Å². The van der Waals surface area contributed by atoms with Crippen molar-refractivity contribution in [1.82, 2.24) is 5.32 Å². The summed E-state index contributed by atoms with van der Waals surface area (Å²) in [5.74, 6) is -0.342. The van der Waals surface area contributed by atoms with Gasteiger partial charge in [-0.15, -0.1) is 0 Å². The van der Waals surface area contributed by atoms with Gasteiger partial charge in [0.15, 0.2) is 0 Å². The number of rotatable bonds is 6. The normalized spacial score (nSPS) is 28.9. The summed E-state index contributed by atoms with van der Waals surface area (Å²) in [7, 11) is 0. The fraction of sp³-hybridized carbons (Fsp3) is 0.929. The molecular formula is C14H25NO3. The van der Waals surface area contributed by atoms with Gasteiger partial charge in [-0.2, -0.15) is 0 Å². The minimum atomic E-state index is -0.692. The molecule has 1 saturated carbocycles. The zero-order chi connectivity index (χ0) is 13.2. The van der Waals surface area contributed by atoms with Gasteiger partial charge in [0.05, 0.1) is 5.60 Å². The minimum Gasteiger partial charge on any atom is -0.480 e. The van der Waals surface area contributed by atoms with Crippen molar-refractivity contribution in [2.24, 2.45) is 5.92 Å². The molecule has 104 valence electrons. The zero-order valence-corrected chi connectivity index (χ0v) is 11.4. The van der Waals surface area contributed by atoms with E-state index in [4.69, 9.17) is 4.74 Å². The lowest BCUT2D eigenvalue weighted by Gasteiger charge is -2.41. The quantitative estimate of drug-likeness (QED) is 0.763. The van der Waals surface area contributed by atoms with Crippen LogP contribution in [0.3, 0.4) is 0 Å². The summed E-state index contributed by atoms with van der Waals surface area (Å²) in [6, 6.07) is -0.0557. The molecule has 2 fully saturated rings. The van der Waals surface area contributed by atoms with Crippen molar-refractivity contribution in [1.29, 1.82) is 0 Å². The van der Waals surface area contributed by atoms with Gasteiger partial charge in [-0.1, -0.05) is 13.8 Å². The SMILES string of the molecule is CCC1(CC)CC(NC(C(=O)O)C2CC2)CCO1. The number of nitrogens with one attached hydrogen (secondary N) is 1. The molecule has 1 aliphatic carbocycles. The second kappa shape index (κ2) is 5.57. The summed E-state index contributed by atoms with van der Waals surface area (Å²) < 4.78 is 5.92. The van der Waals surface area contributed by atoms with Crippen molar-refractivity contribution in [3.05, 3.63) is 0 Å². The predicted molar refractivity (Wildman–Crippen MR) is 69.6 cm³/mol. The molecule has 18 heavy (non-hydrogen) atoms. The largest absolute Gasteiger partial charge is 0.480 e. The van der Waals surface area contributed by atoms with Gasteiger partial charge in [-0.25, -0.2) is 0 Å². The molecule has 4 heteroatoms. The van der Waals surface area contributed by atoms with Crippen LogP contribution in [0.2, 0.25) is 0 Å². The Bertz CT molecular complexity index is 297. The second-order valence-electron chi connectivity index (χ2n) is 5.75. The van der Waals surface area contributed by atoms with E-state index in [1.807, 2.05) is 0 Å². The highest BCUT2D eigenvalue weighted by atomic mass is 16.5. The number of hydrogen-bond acceptors (Lipinski definition) is 3. The first-order valence-electron chi connectivity index (χ1n) is 7.23. The number of hydrogen-bond donors (Lipinski definition) is 2. The van der Waals surface area contributed by atoms with E-state index in [9.17, 15) is 9.90 Å². The molecule has 1 saturated heterocycles. The van der Waals surface area contributed by atoms with Crippen molar-refractivity contribution < 1.29 is 14.6 Å². The van der Waals surface area contributed by atoms with Crippen LogP contribution in [0, 0.1) is 5.92 Å². The number of aliphatic carboxylic acids is 1. The molecular weight excluding hydrogens is 230 g/mol. The van der Waals surface area contributed by atoms with Crippen molar-refractivity contribution >= 4 is 5.97 Å². The van der Waals surface area contributed by atoms with Crippen molar-refractivity contribution in [2.75, 3.05) is 6.61 Å². The van der Waals surface area contributed by atoms with Crippen LogP contribution in [0.15, 0.2) is 0 Å². The first-order valence-corrected chi connectivity index (χ1v) is 7.23. The summed E-state index contributed by atoms with van der Waals surface area (Å²) >= 11 is 0. The lowest BCUT2D eigenvalue weighted by Crippen LogP contribution is -2.52. The fourth-order valence-electron chi connectivity index (χ4n) is 3.01. The number of carboxylic acids is 1. The summed E-state index contributed by atoms with van der Waals surface area (Å²) in [6.07, 6.45) is 5.99. The molecule has 2 N–H and O–H groups in total. The maximum atomic E-state index is 11.3. The van der Waals surface area contributed by atoms with E-state index in [-0.39, 0.29) is 11.6 Å². The molecule has 0 spiro atoms. The number of ether oxygens (including phenoxy) is 1. The van der Waals surface area contributed by atoms with Gasteiger partial charge >= 0.3 is 5.97 Å². The standard InChI is InChI=1S/C14H25NO3/c1-3-14(4-2)9-11(7-8-18-14)15-12(13(16)17)10-5-6-10/h10-12,15H,3-9H2,1-2H3,(H,16,17). The second-order valence-corrected chi connectivity index (χ2v) is 5.75. The monoisotopic (exact) mass is 255 g/mol. The Morgan fingerprint density at radius 1 is 1.39 bits per heavy atom. The molecule has 0 amide bonds. The Balaban J connectivity index is 1.94. The van der Waals surface area contributed by atoms with Gasteiger partial charge in [0.1, 0.15) is 6.04 Å². The smallest absolute Gasteiger partial charge is 0.320 e. The summed E-state index contributed by atoms with van der Waals surface area (Å²) in [5, 5.41) is 12.6. The van der Waals surface area contributed by atoms with Crippen LogP contribution in [0.5, 0.6) is 0 Å². The van der Waals surface area contributed by atoms with Gasteiger partial charge in [-0.05, 0) is 44.4 Å². The molecule has 0 radical (unpaired) electrons. The lowest BCUT2D eigenvalue weighted by atomic mass is 9.85. The van der Waals surface area contributed by atoms with Crippen LogP contribution in [-0.4, -0.2) is 35.4 Å². The van der Waals surface area contributed by atoms with Crippen LogP contribution in [0.4, 0.5) is 0 Å². The van der Waals surface area contributed by atoms with Crippen LogP contribution < -0.4 is 5.32 Å². The average Bonchev–Trinajstić information content (AvgIpc) is 3.20. The molecule has 0 aromatic heterocycles. The molecule has 1 heterocycles. The van der Waals surface area contributed by atoms with Gasteiger partial charge < -0.3 is 15.2 Å². The van der Waals surface area contributed by atoms with Crippen LogP contribution in [-0.2, 0) is 9.53 Å². The van der Waals surface area contributed by atoms with Gasteiger partial charge in [0.2, 0.25) is 0 Å². The van der Waals surface area contributed by atoms with Crippen LogP contribution in [0.1, 0.15) is 52.4 Å². The first-order chi connectivity index (χ1) is 8.60. The Kier molecular flexibility index (Phi) is 4.28. The molecule has 2 rings (SSSR count). The molecule has 2 unspecified atom stereocenters. The highest BCUT2D eigenvalue weighted by Gasteiger charge is 2.40. The average molecular weight is 255 g/mol. The van der Waals surface area contributed by atoms with Gasteiger partial charge in [0.25, 0.3) is 0 Å². The third-order valence-corrected chi connectivity index (χ3v) is 4.56. The van der Waals surface area contributed by atoms with Gasteiger partial charge in [0, 0.05) is 12.6 Å². The van der Waals surface area contributed by atoms with Crippen LogP contribution >= 0.6 is 0 Å². The van der Waals surface area contributed by atoms with Crippen molar-refractivity contribution in [3.8, 4) is 0 Å².